The molecule has 2 aromatic heterocycles. The Morgan fingerprint density at radius 1 is 0.929 bits per heavy atom. The molecular formula is C51H60N8O10S. The second-order valence-electron chi connectivity index (χ2n) is 16.7. The Labute approximate surface area is 411 Å². The number of amides is 5. The summed E-state index contributed by atoms with van der Waals surface area (Å²) in [6.07, 6.45) is 5.92. The summed E-state index contributed by atoms with van der Waals surface area (Å²) in [5.41, 5.74) is 6.42. The zero-order valence-corrected chi connectivity index (χ0v) is 40.9. The fourth-order valence-electron chi connectivity index (χ4n) is 8.27. The number of fused-ring (bicyclic) bond motifs is 2. The van der Waals surface area contributed by atoms with Crippen molar-refractivity contribution in [2.45, 2.75) is 36.7 Å². The number of nitrogens with zero attached hydrogens (tertiary/aromatic N) is 6. The SMILES string of the molecule is C=CC(=O)Nc1cc(Cc2nccc(-c3cn(C)c4ccccc34)n2)c(OC)cc1N(C)CCN(C)C(=O)COCCOCCOCCOCCSc1cccc2c1CN(C1CCC(=O)NC1=O)C2=O. The zero-order valence-electron chi connectivity index (χ0n) is 40.1. The van der Waals surface area contributed by atoms with E-state index in [4.69, 9.17) is 28.7 Å². The minimum atomic E-state index is -0.645. The molecule has 1 saturated heterocycles. The molecular weight excluding hydrogens is 917 g/mol. The summed E-state index contributed by atoms with van der Waals surface area (Å²) in [4.78, 5) is 78.2. The number of rotatable bonds is 26. The number of carbonyl (C=O) groups is 5. The van der Waals surface area contributed by atoms with Crippen LogP contribution in [0.4, 0.5) is 11.4 Å². The van der Waals surface area contributed by atoms with Gasteiger partial charge in [-0.3, -0.25) is 29.3 Å². The van der Waals surface area contributed by atoms with E-state index in [1.54, 1.807) is 48.0 Å². The minimum Gasteiger partial charge on any atom is -0.496 e. The number of methoxy groups -OCH3 is 1. The lowest BCUT2D eigenvalue weighted by atomic mass is 10.0. The van der Waals surface area contributed by atoms with Crippen molar-refractivity contribution >= 4 is 63.6 Å². The van der Waals surface area contributed by atoms with Crippen LogP contribution in [0.2, 0.25) is 0 Å². The van der Waals surface area contributed by atoms with Gasteiger partial charge in [0, 0.05) is 110 Å². The van der Waals surface area contributed by atoms with Crippen LogP contribution in [0.15, 0.2) is 90.6 Å². The van der Waals surface area contributed by atoms with Crippen LogP contribution in [0.25, 0.3) is 22.2 Å². The predicted octanol–water partition coefficient (Wildman–Crippen LogP) is 4.87. The fraction of sp³-hybridized carbons (Fsp3) is 0.392. The number of nitrogens with one attached hydrogen (secondary N) is 2. The van der Waals surface area contributed by atoms with Crippen molar-refractivity contribution in [1.29, 1.82) is 0 Å². The summed E-state index contributed by atoms with van der Waals surface area (Å²) in [7, 11) is 7.20. The summed E-state index contributed by atoms with van der Waals surface area (Å²) in [5, 5.41) is 6.37. The molecule has 0 spiro atoms. The number of thioether (sulfide) groups is 1. The van der Waals surface area contributed by atoms with Crippen molar-refractivity contribution in [3.05, 3.63) is 108 Å². The van der Waals surface area contributed by atoms with Crippen LogP contribution in [-0.4, -0.2) is 153 Å². The Hall–Kier alpha value is -6.64. The number of para-hydroxylation sites is 1. The first kappa shape index (κ1) is 51.2. The summed E-state index contributed by atoms with van der Waals surface area (Å²) >= 11 is 1.59. The normalized spacial score (nSPS) is 14.4. The second-order valence-corrected chi connectivity index (χ2v) is 17.9. The smallest absolute Gasteiger partial charge is 0.255 e. The van der Waals surface area contributed by atoms with Crippen LogP contribution in [0.1, 0.15) is 40.2 Å². The van der Waals surface area contributed by atoms with Crippen molar-refractivity contribution in [2.75, 3.05) is 103 Å². The molecule has 2 N–H and O–H groups in total. The Bertz CT molecular complexity index is 2690. The molecule has 0 saturated carbocycles. The lowest BCUT2D eigenvalue weighted by Gasteiger charge is -2.29. The van der Waals surface area contributed by atoms with E-state index in [1.165, 1.54) is 6.08 Å². The highest BCUT2D eigenvalue weighted by atomic mass is 32.2. The Morgan fingerprint density at radius 2 is 1.67 bits per heavy atom. The third-order valence-corrected chi connectivity index (χ3v) is 13.1. The molecule has 0 aliphatic carbocycles. The van der Waals surface area contributed by atoms with Gasteiger partial charge in [0.1, 0.15) is 24.2 Å². The van der Waals surface area contributed by atoms with Gasteiger partial charge in [-0.1, -0.05) is 30.8 Å². The molecule has 1 fully saturated rings. The maximum absolute atomic E-state index is 13.1. The van der Waals surface area contributed by atoms with E-state index >= 15 is 0 Å². The highest BCUT2D eigenvalue weighted by Gasteiger charge is 2.39. The van der Waals surface area contributed by atoms with Crippen molar-refractivity contribution in [2.24, 2.45) is 7.05 Å². The molecule has 1 atom stereocenters. The van der Waals surface area contributed by atoms with Crippen molar-refractivity contribution in [1.82, 2.24) is 29.7 Å². The number of aromatic nitrogens is 3. The summed E-state index contributed by atoms with van der Waals surface area (Å²) in [5.74, 6) is 0.382. The summed E-state index contributed by atoms with van der Waals surface area (Å²) < 4.78 is 30.5. The van der Waals surface area contributed by atoms with E-state index in [9.17, 15) is 24.0 Å². The quantitative estimate of drug-likeness (QED) is 0.0330. The highest BCUT2D eigenvalue weighted by Crippen LogP contribution is 2.36. The van der Waals surface area contributed by atoms with E-state index < -0.39 is 11.9 Å². The van der Waals surface area contributed by atoms with E-state index in [1.807, 2.05) is 61.5 Å². The zero-order chi connectivity index (χ0) is 49.6. The molecule has 5 amide bonds. The molecule has 2 aliphatic rings. The molecule has 0 radical (unpaired) electrons. The van der Waals surface area contributed by atoms with E-state index in [2.05, 4.69) is 45.1 Å². The van der Waals surface area contributed by atoms with Gasteiger partial charge in [-0.15, -0.1) is 11.8 Å². The number of benzene rings is 3. The molecule has 2 aliphatic heterocycles. The lowest BCUT2D eigenvalue weighted by molar-refractivity contribution is -0.137. The standard InChI is InChI=1S/C51H60N8O10S/c1-6-47(60)54-40-28-34(29-46-52-17-16-39(53-46)37-31-58(4)41-12-8-7-10-35(37)41)44(65-5)30-43(40)56(2)18-19-57(3)49(62)33-69-25-24-67-21-20-66-22-23-68-26-27-70-45-13-9-11-36-38(45)32-59(51(36)64)42-14-15-48(61)55-50(42)63/h6-13,16-17,28,30-31,42H,1,14-15,18-27,29,32-33H2,2-5H3,(H,54,60)(H,55,61,63). The van der Waals surface area contributed by atoms with E-state index in [0.717, 1.165) is 38.2 Å². The number of aryl methyl sites for hydroxylation is 1. The predicted molar refractivity (Wildman–Crippen MR) is 266 cm³/mol. The van der Waals surface area contributed by atoms with E-state index in [-0.39, 0.29) is 43.3 Å². The first-order chi connectivity index (χ1) is 33.9. The van der Waals surface area contributed by atoms with Gasteiger partial charge in [0.25, 0.3) is 5.91 Å². The minimum absolute atomic E-state index is 0.103. The maximum Gasteiger partial charge on any atom is 0.255 e. The Balaban J connectivity index is 0.770. The molecule has 0 bridgehead atoms. The van der Waals surface area contributed by atoms with Crippen LogP contribution in [0, 0.1) is 0 Å². The number of hydrogen-bond acceptors (Lipinski definition) is 14. The van der Waals surface area contributed by atoms with Crippen LogP contribution >= 0.6 is 11.8 Å². The number of anilines is 2. The van der Waals surface area contributed by atoms with Crippen molar-refractivity contribution < 1.29 is 47.7 Å². The number of imide groups is 1. The van der Waals surface area contributed by atoms with Crippen LogP contribution < -0.4 is 20.3 Å². The molecule has 5 aromatic rings. The molecule has 18 nitrogen and oxygen atoms in total. The number of piperidine rings is 1. The topological polar surface area (TPSA) is 196 Å². The fourth-order valence-corrected chi connectivity index (χ4v) is 9.21. The number of carbonyl (C=O) groups excluding carboxylic acids is 5. The molecule has 1 unspecified atom stereocenters. The molecule has 19 heteroatoms. The highest BCUT2D eigenvalue weighted by molar-refractivity contribution is 7.99. The molecule has 3 aromatic carbocycles. The van der Waals surface area contributed by atoms with Crippen LogP contribution in [0.5, 0.6) is 5.75 Å². The van der Waals surface area contributed by atoms with Crippen LogP contribution in [-0.2, 0) is 58.1 Å². The first-order valence-corrected chi connectivity index (χ1v) is 24.1. The molecule has 4 heterocycles. The number of hydrogen-bond donors (Lipinski definition) is 2. The molecule has 7 rings (SSSR count). The maximum atomic E-state index is 13.1. The van der Waals surface area contributed by atoms with Gasteiger partial charge in [-0.05, 0) is 48.4 Å². The van der Waals surface area contributed by atoms with Crippen molar-refractivity contribution in [3.8, 4) is 17.0 Å². The largest absolute Gasteiger partial charge is 0.496 e. The van der Waals surface area contributed by atoms with Gasteiger partial charge >= 0.3 is 0 Å². The molecule has 370 valence electrons. The second kappa shape index (κ2) is 24.8. The van der Waals surface area contributed by atoms with Gasteiger partial charge in [0.2, 0.25) is 23.6 Å². The van der Waals surface area contributed by atoms with Gasteiger partial charge < -0.3 is 48.3 Å². The van der Waals surface area contributed by atoms with Gasteiger partial charge in [0.05, 0.1) is 70.4 Å². The average molecular weight is 977 g/mol. The third kappa shape index (κ3) is 13.0. The monoisotopic (exact) mass is 976 g/mol. The number of likely N-dealkylation sites (N-methyl/N-ethyl adjacent to an activating group) is 2. The molecule has 70 heavy (non-hydrogen) atoms. The Morgan fingerprint density at radius 3 is 2.41 bits per heavy atom. The average Bonchev–Trinajstić information content (AvgIpc) is 3.89. The van der Waals surface area contributed by atoms with Gasteiger partial charge in [-0.25, -0.2) is 9.97 Å². The summed E-state index contributed by atoms with van der Waals surface area (Å²) in [6.45, 7) is 7.27. The lowest BCUT2D eigenvalue weighted by Crippen LogP contribution is -2.52. The van der Waals surface area contributed by atoms with E-state index in [0.29, 0.717) is 106 Å². The summed E-state index contributed by atoms with van der Waals surface area (Å²) in [6, 6.07) is 18.7. The van der Waals surface area contributed by atoms with Crippen LogP contribution in [0.3, 0.4) is 0 Å². The van der Waals surface area contributed by atoms with Gasteiger partial charge in [0.15, 0.2) is 0 Å². The Kier molecular flexibility index (Phi) is 18.1. The van der Waals surface area contributed by atoms with Gasteiger partial charge in [-0.2, -0.15) is 0 Å². The van der Waals surface area contributed by atoms with Crippen molar-refractivity contribution in [3.63, 3.8) is 0 Å². The third-order valence-electron chi connectivity index (χ3n) is 12.0. The number of ether oxygens (including phenoxy) is 5. The first-order valence-electron chi connectivity index (χ1n) is 23.1.